The summed E-state index contributed by atoms with van der Waals surface area (Å²) in [5.74, 6) is 2.57. The molecule has 19 heavy (non-hydrogen) atoms. The summed E-state index contributed by atoms with van der Waals surface area (Å²) in [5, 5.41) is 12.9. The van der Waals surface area contributed by atoms with Crippen LogP contribution < -0.4 is 0 Å². The Labute approximate surface area is 112 Å². The van der Waals surface area contributed by atoms with E-state index in [0.29, 0.717) is 12.5 Å². The summed E-state index contributed by atoms with van der Waals surface area (Å²) in [4.78, 5) is 4.60. The van der Waals surface area contributed by atoms with Crippen molar-refractivity contribution in [2.24, 2.45) is 0 Å². The van der Waals surface area contributed by atoms with E-state index in [-0.39, 0.29) is 0 Å². The Morgan fingerprint density at radius 3 is 2.63 bits per heavy atom. The quantitative estimate of drug-likeness (QED) is 0.841. The normalized spacial score (nSPS) is 15.7. The van der Waals surface area contributed by atoms with Crippen LogP contribution in [0.2, 0.25) is 0 Å². The van der Waals surface area contributed by atoms with Crippen molar-refractivity contribution in [2.45, 2.75) is 59.0 Å². The third-order valence-electron chi connectivity index (χ3n) is 3.97. The largest absolute Gasteiger partial charge is 0.247 e. The van der Waals surface area contributed by atoms with Crippen LogP contribution in [-0.2, 0) is 13.1 Å². The fourth-order valence-electron chi connectivity index (χ4n) is 2.44. The van der Waals surface area contributed by atoms with Gasteiger partial charge in [0, 0.05) is 12.5 Å². The molecule has 2 aromatic heterocycles. The fraction of sp³-hybridized carbons (Fsp3) is 0.692. The van der Waals surface area contributed by atoms with Crippen molar-refractivity contribution < 1.29 is 0 Å². The number of nitrogens with zero attached hydrogens (tertiary/aromatic N) is 6. The third kappa shape index (κ3) is 2.15. The Morgan fingerprint density at radius 2 is 2.00 bits per heavy atom. The van der Waals surface area contributed by atoms with Crippen molar-refractivity contribution in [3.63, 3.8) is 0 Å². The summed E-state index contributed by atoms with van der Waals surface area (Å²) in [7, 11) is 0. The van der Waals surface area contributed by atoms with E-state index in [9.17, 15) is 0 Å². The molecule has 0 unspecified atom stereocenters. The van der Waals surface area contributed by atoms with E-state index >= 15 is 0 Å². The number of aromatic nitrogens is 6. The van der Waals surface area contributed by atoms with Gasteiger partial charge in [-0.05, 0) is 33.6 Å². The van der Waals surface area contributed by atoms with Gasteiger partial charge in [0.1, 0.15) is 5.82 Å². The van der Waals surface area contributed by atoms with Gasteiger partial charge in [0.15, 0.2) is 5.82 Å². The fourth-order valence-corrected chi connectivity index (χ4v) is 2.44. The summed E-state index contributed by atoms with van der Waals surface area (Å²) in [6, 6.07) is 0. The zero-order valence-corrected chi connectivity index (χ0v) is 11.8. The minimum Gasteiger partial charge on any atom is -0.247 e. The molecule has 102 valence electrons. The van der Waals surface area contributed by atoms with Crippen LogP contribution in [0.3, 0.4) is 0 Å². The molecule has 0 aromatic carbocycles. The van der Waals surface area contributed by atoms with Gasteiger partial charge in [-0.15, -0.1) is 5.10 Å². The lowest BCUT2D eigenvalue weighted by Crippen LogP contribution is -2.13. The maximum Gasteiger partial charge on any atom is 0.154 e. The Bertz CT molecular complexity index is 578. The van der Waals surface area contributed by atoms with Gasteiger partial charge < -0.3 is 0 Å². The van der Waals surface area contributed by atoms with Gasteiger partial charge in [-0.25, -0.2) is 14.3 Å². The first-order valence-corrected chi connectivity index (χ1v) is 6.99. The van der Waals surface area contributed by atoms with Gasteiger partial charge in [0.25, 0.3) is 0 Å². The number of hydrogen-bond donors (Lipinski definition) is 0. The second-order valence-electron chi connectivity index (χ2n) is 5.24. The molecule has 0 spiro atoms. The molecule has 0 saturated heterocycles. The zero-order valence-electron chi connectivity index (χ0n) is 11.8. The van der Waals surface area contributed by atoms with E-state index in [1.165, 1.54) is 19.3 Å². The lowest BCUT2D eigenvalue weighted by molar-refractivity contribution is 0.399. The van der Waals surface area contributed by atoms with Gasteiger partial charge in [0.2, 0.25) is 0 Å². The molecule has 1 aliphatic rings. The highest BCUT2D eigenvalue weighted by Crippen LogP contribution is 2.34. The van der Waals surface area contributed by atoms with E-state index in [4.69, 9.17) is 0 Å². The van der Waals surface area contributed by atoms with Crippen molar-refractivity contribution in [3.8, 4) is 0 Å². The van der Waals surface area contributed by atoms with Crippen molar-refractivity contribution in [2.75, 3.05) is 0 Å². The topological polar surface area (TPSA) is 61.4 Å². The average molecular weight is 260 g/mol. The van der Waals surface area contributed by atoms with E-state index in [2.05, 4.69) is 27.3 Å². The maximum atomic E-state index is 4.66. The van der Waals surface area contributed by atoms with Gasteiger partial charge in [0.05, 0.1) is 17.9 Å². The second-order valence-corrected chi connectivity index (χ2v) is 5.24. The molecule has 0 atom stereocenters. The first kappa shape index (κ1) is 12.3. The van der Waals surface area contributed by atoms with Crippen molar-refractivity contribution in [3.05, 3.63) is 23.0 Å². The maximum absolute atomic E-state index is 4.66. The Kier molecular flexibility index (Phi) is 3.08. The number of rotatable bonds is 4. The molecule has 1 fully saturated rings. The summed E-state index contributed by atoms with van der Waals surface area (Å²) < 4.78 is 3.91. The van der Waals surface area contributed by atoms with Crippen LogP contribution in [0, 0.1) is 13.8 Å². The monoisotopic (exact) mass is 260 g/mol. The molecule has 0 radical (unpaired) electrons. The van der Waals surface area contributed by atoms with Gasteiger partial charge in [-0.3, -0.25) is 0 Å². The first-order valence-electron chi connectivity index (χ1n) is 6.99. The molecular weight excluding hydrogens is 240 g/mol. The third-order valence-corrected chi connectivity index (χ3v) is 3.97. The highest BCUT2D eigenvalue weighted by Gasteiger charge is 2.24. The minimum absolute atomic E-state index is 0.579. The summed E-state index contributed by atoms with van der Waals surface area (Å²) in [6.07, 6.45) is 3.78. The summed E-state index contributed by atoms with van der Waals surface area (Å²) in [6.45, 7) is 7.63. The molecule has 3 rings (SSSR count). The van der Waals surface area contributed by atoms with E-state index in [1.54, 1.807) is 0 Å². The minimum atomic E-state index is 0.579. The first-order chi connectivity index (χ1) is 9.19. The molecule has 1 aliphatic carbocycles. The SMILES string of the molecule is CCn1nnc(C)c1Cn1nc(C2CCC2)nc1C. The lowest BCUT2D eigenvalue weighted by atomic mass is 9.85. The van der Waals surface area contributed by atoms with Crippen molar-refractivity contribution in [1.29, 1.82) is 0 Å². The lowest BCUT2D eigenvalue weighted by Gasteiger charge is -2.21. The molecule has 6 nitrogen and oxygen atoms in total. The molecule has 0 N–H and O–H groups in total. The van der Waals surface area contributed by atoms with Crippen LogP contribution >= 0.6 is 0 Å². The smallest absolute Gasteiger partial charge is 0.154 e. The molecule has 2 aromatic rings. The predicted molar refractivity (Wildman–Crippen MR) is 70.9 cm³/mol. The van der Waals surface area contributed by atoms with Crippen LogP contribution in [0.5, 0.6) is 0 Å². The van der Waals surface area contributed by atoms with Crippen LogP contribution in [0.4, 0.5) is 0 Å². The molecular formula is C13H20N6. The van der Waals surface area contributed by atoms with Crippen molar-refractivity contribution >= 4 is 0 Å². The molecule has 0 amide bonds. The standard InChI is InChI=1S/C13H20N6/c1-4-18-12(9(2)15-17-18)8-19-10(3)14-13(16-19)11-6-5-7-11/h11H,4-8H2,1-3H3. The van der Waals surface area contributed by atoms with Gasteiger partial charge in [-0.2, -0.15) is 5.10 Å². The second kappa shape index (κ2) is 4.75. The Hall–Kier alpha value is -1.72. The molecule has 0 bridgehead atoms. The molecule has 2 heterocycles. The van der Waals surface area contributed by atoms with Crippen LogP contribution in [0.15, 0.2) is 0 Å². The van der Waals surface area contributed by atoms with Gasteiger partial charge in [-0.1, -0.05) is 11.6 Å². The molecule has 1 saturated carbocycles. The highest BCUT2D eigenvalue weighted by molar-refractivity contribution is 5.10. The zero-order chi connectivity index (χ0) is 13.4. The van der Waals surface area contributed by atoms with Crippen LogP contribution in [-0.4, -0.2) is 29.8 Å². The van der Waals surface area contributed by atoms with Crippen molar-refractivity contribution in [1.82, 2.24) is 29.8 Å². The molecule has 6 heteroatoms. The summed E-state index contributed by atoms with van der Waals surface area (Å²) in [5.41, 5.74) is 2.10. The van der Waals surface area contributed by atoms with Crippen LogP contribution in [0.25, 0.3) is 0 Å². The Balaban J connectivity index is 1.86. The Morgan fingerprint density at radius 1 is 1.21 bits per heavy atom. The van der Waals surface area contributed by atoms with Crippen LogP contribution in [0.1, 0.15) is 55.1 Å². The molecule has 0 aliphatic heterocycles. The predicted octanol–water partition coefficient (Wildman–Crippen LogP) is 1.82. The van der Waals surface area contributed by atoms with E-state index in [0.717, 1.165) is 29.6 Å². The number of aryl methyl sites for hydroxylation is 3. The average Bonchev–Trinajstić information content (AvgIpc) is 2.83. The number of hydrogen-bond acceptors (Lipinski definition) is 4. The van der Waals surface area contributed by atoms with E-state index in [1.807, 2.05) is 23.2 Å². The highest BCUT2D eigenvalue weighted by atomic mass is 15.4. The van der Waals surface area contributed by atoms with Gasteiger partial charge >= 0.3 is 0 Å². The summed E-state index contributed by atoms with van der Waals surface area (Å²) >= 11 is 0. The van der Waals surface area contributed by atoms with E-state index < -0.39 is 0 Å².